The summed E-state index contributed by atoms with van der Waals surface area (Å²) < 4.78 is 3.29. The maximum absolute atomic E-state index is 5.55. The van der Waals surface area contributed by atoms with Crippen LogP contribution in [0.4, 0.5) is 0 Å². The van der Waals surface area contributed by atoms with Crippen LogP contribution in [0.5, 0.6) is 0 Å². The first-order chi connectivity index (χ1) is 4.77. The molecule has 0 aromatic carbocycles. The van der Waals surface area contributed by atoms with E-state index in [0.29, 0.717) is 0 Å². The first-order valence-corrected chi connectivity index (χ1v) is 3.06. The molecule has 0 saturated carbocycles. The van der Waals surface area contributed by atoms with Gasteiger partial charge >= 0.3 is 0 Å². The van der Waals surface area contributed by atoms with Crippen LogP contribution in [0.2, 0.25) is 0 Å². The SMILES string of the molecule is Cc1cc2n(N)ccn2n1. The molecule has 2 N–H and O–H groups in total. The van der Waals surface area contributed by atoms with Gasteiger partial charge in [-0.2, -0.15) is 5.10 Å². The fourth-order valence-electron chi connectivity index (χ4n) is 1.02. The second-order valence-electron chi connectivity index (χ2n) is 2.29. The Labute approximate surface area is 57.8 Å². The van der Waals surface area contributed by atoms with Gasteiger partial charge in [0, 0.05) is 18.5 Å². The predicted molar refractivity (Wildman–Crippen MR) is 38.1 cm³/mol. The van der Waals surface area contributed by atoms with E-state index in [-0.39, 0.29) is 0 Å². The standard InChI is InChI=1S/C6H8N4/c1-5-4-6-9(7)2-3-10(6)8-5/h2-4H,7H2,1H3. The molecule has 0 bridgehead atoms. The Morgan fingerprint density at radius 1 is 1.50 bits per heavy atom. The Bertz CT molecular complexity index is 357. The predicted octanol–water partition coefficient (Wildman–Crippen LogP) is 0.158. The molecule has 4 nitrogen and oxygen atoms in total. The lowest BCUT2D eigenvalue weighted by atomic mass is 10.5. The molecule has 0 aliphatic rings. The van der Waals surface area contributed by atoms with E-state index in [1.807, 2.05) is 19.2 Å². The number of aryl methyl sites for hydroxylation is 1. The molecule has 10 heavy (non-hydrogen) atoms. The maximum atomic E-state index is 5.55. The number of rotatable bonds is 0. The third kappa shape index (κ3) is 0.528. The Morgan fingerprint density at radius 2 is 2.30 bits per heavy atom. The summed E-state index contributed by atoms with van der Waals surface area (Å²) in [6.07, 6.45) is 3.59. The minimum atomic E-state index is 0.914. The topological polar surface area (TPSA) is 48.2 Å². The zero-order valence-electron chi connectivity index (χ0n) is 5.65. The molecular formula is C6H8N4. The van der Waals surface area contributed by atoms with E-state index < -0.39 is 0 Å². The minimum absolute atomic E-state index is 0.914. The molecule has 0 atom stereocenters. The molecule has 0 aliphatic carbocycles. The van der Waals surface area contributed by atoms with Crippen molar-refractivity contribution in [3.05, 3.63) is 24.2 Å². The average molecular weight is 136 g/mol. The summed E-state index contributed by atoms with van der Waals surface area (Å²) in [4.78, 5) is 0. The normalized spacial score (nSPS) is 10.9. The summed E-state index contributed by atoms with van der Waals surface area (Å²) in [6, 6.07) is 1.93. The third-order valence-corrected chi connectivity index (χ3v) is 1.47. The van der Waals surface area contributed by atoms with Crippen LogP contribution in [-0.2, 0) is 0 Å². The summed E-state index contributed by atoms with van der Waals surface area (Å²) >= 11 is 0. The van der Waals surface area contributed by atoms with Crippen LogP contribution in [-0.4, -0.2) is 14.3 Å². The van der Waals surface area contributed by atoms with Gasteiger partial charge < -0.3 is 5.84 Å². The number of nitrogens with zero attached hydrogens (tertiary/aromatic N) is 3. The fourth-order valence-corrected chi connectivity index (χ4v) is 1.02. The van der Waals surface area contributed by atoms with Crippen molar-refractivity contribution in [1.82, 2.24) is 14.3 Å². The van der Waals surface area contributed by atoms with Gasteiger partial charge in [-0.05, 0) is 6.92 Å². The zero-order chi connectivity index (χ0) is 7.14. The van der Waals surface area contributed by atoms with Crippen molar-refractivity contribution in [1.29, 1.82) is 0 Å². The Hall–Kier alpha value is -1.45. The Morgan fingerprint density at radius 3 is 3.00 bits per heavy atom. The van der Waals surface area contributed by atoms with Gasteiger partial charge in [0.15, 0.2) is 5.65 Å². The van der Waals surface area contributed by atoms with Gasteiger partial charge in [0.2, 0.25) is 0 Å². The van der Waals surface area contributed by atoms with Crippen molar-refractivity contribution >= 4 is 5.65 Å². The summed E-state index contributed by atoms with van der Waals surface area (Å²) in [7, 11) is 0. The van der Waals surface area contributed by atoms with Crippen LogP contribution in [0.15, 0.2) is 18.5 Å². The molecule has 0 spiro atoms. The number of nitrogen functional groups attached to an aromatic ring is 1. The third-order valence-electron chi connectivity index (χ3n) is 1.47. The van der Waals surface area contributed by atoms with Crippen LogP contribution in [0, 0.1) is 6.92 Å². The van der Waals surface area contributed by atoms with Crippen molar-refractivity contribution in [2.75, 3.05) is 5.84 Å². The van der Waals surface area contributed by atoms with E-state index in [0.717, 1.165) is 11.3 Å². The van der Waals surface area contributed by atoms with Crippen LogP contribution in [0.1, 0.15) is 5.69 Å². The molecule has 2 rings (SSSR count). The molecule has 0 saturated heterocycles. The number of hydrogen-bond acceptors (Lipinski definition) is 2. The molecule has 0 aliphatic heterocycles. The lowest BCUT2D eigenvalue weighted by molar-refractivity contribution is 0.935. The highest BCUT2D eigenvalue weighted by molar-refractivity contribution is 5.40. The first kappa shape index (κ1) is 5.34. The Balaban J connectivity index is 2.90. The first-order valence-electron chi connectivity index (χ1n) is 3.06. The van der Waals surface area contributed by atoms with Gasteiger partial charge in [-0.15, -0.1) is 0 Å². The zero-order valence-corrected chi connectivity index (χ0v) is 5.65. The number of aromatic nitrogens is 3. The highest BCUT2D eigenvalue weighted by Gasteiger charge is 1.98. The largest absolute Gasteiger partial charge is 0.338 e. The second-order valence-corrected chi connectivity index (χ2v) is 2.29. The molecular weight excluding hydrogens is 128 g/mol. The van der Waals surface area contributed by atoms with Crippen molar-refractivity contribution in [3.63, 3.8) is 0 Å². The van der Waals surface area contributed by atoms with Crippen LogP contribution in [0.3, 0.4) is 0 Å². The summed E-state index contributed by atoms with van der Waals surface area (Å²) in [5.41, 5.74) is 1.90. The highest BCUT2D eigenvalue weighted by Crippen LogP contribution is 2.02. The molecule has 4 heteroatoms. The molecule has 0 amide bonds. The molecule has 0 unspecified atom stereocenters. The molecule has 2 aromatic rings. The lowest BCUT2D eigenvalue weighted by Crippen LogP contribution is -2.04. The summed E-state index contributed by atoms with van der Waals surface area (Å²) in [6.45, 7) is 1.94. The van der Waals surface area contributed by atoms with E-state index in [4.69, 9.17) is 5.84 Å². The van der Waals surface area contributed by atoms with Crippen LogP contribution >= 0.6 is 0 Å². The lowest BCUT2D eigenvalue weighted by Gasteiger charge is -1.86. The van der Waals surface area contributed by atoms with E-state index in [9.17, 15) is 0 Å². The van der Waals surface area contributed by atoms with Crippen molar-refractivity contribution in [2.24, 2.45) is 0 Å². The molecule has 0 fully saturated rings. The van der Waals surface area contributed by atoms with Gasteiger partial charge in [0.25, 0.3) is 0 Å². The van der Waals surface area contributed by atoms with Crippen molar-refractivity contribution < 1.29 is 0 Å². The van der Waals surface area contributed by atoms with Gasteiger partial charge in [0.1, 0.15) is 0 Å². The Kier molecular flexibility index (Phi) is 0.818. The van der Waals surface area contributed by atoms with Gasteiger partial charge in [-0.3, -0.25) is 4.68 Å². The van der Waals surface area contributed by atoms with Crippen molar-refractivity contribution in [3.8, 4) is 0 Å². The number of imidazole rings is 1. The van der Waals surface area contributed by atoms with Crippen LogP contribution < -0.4 is 5.84 Å². The monoisotopic (exact) mass is 136 g/mol. The van der Waals surface area contributed by atoms with Gasteiger partial charge in [-0.25, -0.2) is 4.52 Å². The maximum Gasteiger partial charge on any atom is 0.154 e. The summed E-state index contributed by atoms with van der Waals surface area (Å²) in [5, 5.41) is 4.15. The molecule has 2 heterocycles. The van der Waals surface area contributed by atoms with Gasteiger partial charge in [-0.1, -0.05) is 0 Å². The van der Waals surface area contributed by atoms with Gasteiger partial charge in [0.05, 0.1) is 5.69 Å². The van der Waals surface area contributed by atoms with Crippen LogP contribution in [0.25, 0.3) is 5.65 Å². The van der Waals surface area contributed by atoms with Crippen molar-refractivity contribution in [2.45, 2.75) is 6.92 Å². The highest BCUT2D eigenvalue weighted by atomic mass is 15.4. The summed E-state index contributed by atoms with van der Waals surface area (Å²) in [5.74, 6) is 5.55. The fraction of sp³-hybridized carbons (Fsp3) is 0.167. The number of nitrogens with two attached hydrogens (primary N) is 1. The molecule has 2 aromatic heterocycles. The van der Waals surface area contributed by atoms with E-state index in [1.165, 1.54) is 0 Å². The van der Waals surface area contributed by atoms with E-state index in [1.54, 1.807) is 15.4 Å². The minimum Gasteiger partial charge on any atom is -0.338 e. The van der Waals surface area contributed by atoms with E-state index >= 15 is 0 Å². The average Bonchev–Trinajstić information content (AvgIpc) is 2.35. The smallest absolute Gasteiger partial charge is 0.154 e. The molecule has 0 radical (unpaired) electrons. The number of hydrogen-bond donors (Lipinski definition) is 1. The number of fused-ring (bicyclic) bond motifs is 1. The molecule has 52 valence electrons. The van der Waals surface area contributed by atoms with E-state index in [2.05, 4.69) is 5.10 Å². The second kappa shape index (κ2) is 1.53. The quantitative estimate of drug-likeness (QED) is 0.524.